The number of nitrogens with one attached hydrogen (secondary N) is 2. The first-order chi connectivity index (χ1) is 11.5. The van der Waals surface area contributed by atoms with E-state index in [1.54, 1.807) is 30.3 Å². The molecular formula is C18H18ClN3O2. The van der Waals surface area contributed by atoms with Crippen molar-refractivity contribution in [1.29, 1.82) is 0 Å². The Morgan fingerprint density at radius 1 is 1.25 bits per heavy atom. The molecule has 0 radical (unpaired) electrons. The van der Waals surface area contributed by atoms with Crippen LogP contribution in [0.4, 0.5) is 5.69 Å². The van der Waals surface area contributed by atoms with Gasteiger partial charge in [0.15, 0.2) is 0 Å². The van der Waals surface area contributed by atoms with Gasteiger partial charge in [-0.15, -0.1) is 0 Å². The van der Waals surface area contributed by atoms with Crippen molar-refractivity contribution in [2.45, 2.75) is 26.4 Å². The standard InChI is InChI=1S/C18H18ClN3O2/c1-3-16-20-15-9-8-13(19)10-14(15)18(24)22(16)21-17(23)12-6-4-11(2)5-7-12/h4-10,16,20H,3H2,1-2H3,(H,21,23). The first-order valence-electron chi connectivity index (χ1n) is 7.77. The SMILES string of the molecule is CCC1Nc2ccc(Cl)cc2C(=O)N1NC(=O)c1ccc(C)cc1. The minimum absolute atomic E-state index is 0.279. The third-order valence-electron chi connectivity index (χ3n) is 3.99. The Labute approximate surface area is 145 Å². The fraction of sp³-hybridized carbons (Fsp3) is 0.222. The zero-order valence-corrected chi connectivity index (χ0v) is 14.2. The largest absolute Gasteiger partial charge is 0.363 e. The molecule has 2 aromatic carbocycles. The van der Waals surface area contributed by atoms with Gasteiger partial charge in [0, 0.05) is 16.3 Å². The Kier molecular flexibility index (Phi) is 4.44. The van der Waals surface area contributed by atoms with E-state index in [2.05, 4.69) is 10.7 Å². The lowest BCUT2D eigenvalue weighted by atomic mass is 10.1. The molecule has 1 aliphatic heterocycles. The Hall–Kier alpha value is -2.53. The van der Waals surface area contributed by atoms with Gasteiger partial charge >= 0.3 is 0 Å². The molecule has 6 heteroatoms. The molecule has 0 spiro atoms. The molecule has 5 nitrogen and oxygen atoms in total. The average molecular weight is 344 g/mol. The van der Waals surface area contributed by atoms with E-state index in [0.717, 1.165) is 11.3 Å². The summed E-state index contributed by atoms with van der Waals surface area (Å²) < 4.78 is 0. The summed E-state index contributed by atoms with van der Waals surface area (Å²) in [4.78, 5) is 25.2. The molecule has 2 aromatic rings. The predicted molar refractivity (Wildman–Crippen MR) is 94.0 cm³/mol. The van der Waals surface area contributed by atoms with Gasteiger partial charge in [-0.3, -0.25) is 15.0 Å². The second-order valence-electron chi connectivity index (χ2n) is 5.74. The Bertz CT molecular complexity index is 789. The molecule has 0 bridgehead atoms. The quantitative estimate of drug-likeness (QED) is 0.895. The first kappa shape index (κ1) is 16.3. The van der Waals surface area contributed by atoms with Gasteiger partial charge in [-0.1, -0.05) is 36.2 Å². The van der Waals surface area contributed by atoms with E-state index in [1.807, 2.05) is 26.0 Å². The smallest absolute Gasteiger partial charge is 0.276 e. The molecule has 0 aliphatic carbocycles. The number of carbonyl (C=O) groups excluding carboxylic acids is 2. The number of hydrogen-bond donors (Lipinski definition) is 2. The highest BCUT2D eigenvalue weighted by atomic mass is 35.5. The minimum Gasteiger partial charge on any atom is -0.363 e. The monoisotopic (exact) mass is 343 g/mol. The number of rotatable bonds is 3. The molecule has 0 saturated carbocycles. The third-order valence-corrected chi connectivity index (χ3v) is 4.22. The third kappa shape index (κ3) is 3.08. The summed E-state index contributed by atoms with van der Waals surface area (Å²) in [6.45, 7) is 3.89. The predicted octanol–water partition coefficient (Wildman–Crippen LogP) is 3.60. The van der Waals surface area contributed by atoms with Crippen molar-refractivity contribution < 1.29 is 9.59 Å². The summed E-state index contributed by atoms with van der Waals surface area (Å²) in [7, 11) is 0. The van der Waals surface area contributed by atoms with E-state index >= 15 is 0 Å². The first-order valence-corrected chi connectivity index (χ1v) is 8.14. The highest BCUT2D eigenvalue weighted by Gasteiger charge is 2.32. The van der Waals surface area contributed by atoms with Crippen LogP contribution < -0.4 is 10.7 Å². The molecule has 0 saturated heterocycles. The van der Waals surface area contributed by atoms with Crippen LogP contribution in [0.2, 0.25) is 5.02 Å². The number of carbonyl (C=O) groups is 2. The molecule has 1 atom stereocenters. The van der Waals surface area contributed by atoms with E-state index in [-0.39, 0.29) is 18.0 Å². The van der Waals surface area contributed by atoms with Gasteiger partial charge in [0.05, 0.1) is 5.56 Å². The second-order valence-corrected chi connectivity index (χ2v) is 6.18. The van der Waals surface area contributed by atoms with Gasteiger partial charge in [0.2, 0.25) is 0 Å². The maximum Gasteiger partial charge on any atom is 0.276 e. The van der Waals surface area contributed by atoms with Crippen molar-refractivity contribution in [3.8, 4) is 0 Å². The minimum atomic E-state index is -0.325. The van der Waals surface area contributed by atoms with Crippen LogP contribution in [-0.2, 0) is 0 Å². The van der Waals surface area contributed by atoms with Crippen molar-refractivity contribution in [1.82, 2.24) is 10.4 Å². The normalized spacial score (nSPS) is 16.4. The second kappa shape index (κ2) is 6.53. The molecule has 24 heavy (non-hydrogen) atoms. The lowest BCUT2D eigenvalue weighted by molar-refractivity contribution is 0.0488. The van der Waals surface area contributed by atoms with E-state index in [9.17, 15) is 9.59 Å². The van der Waals surface area contributed by atoms with Crippen molar-refractivity contribution >= 4 is 29.1 Å². The zero-order valence-electron chi connectivity index (χ0n) is 13.5. The molecular weight excluding hydrogens is 326 g/mol. The number of halogens is 1. The van der Waals surface area contributed by atoms with Gasteiger partial charge in [0.25, 0.3) is 11.8 Å². The highest BCUT2D eigenvalue weighted by molar-refractivity contribution is 6.31. The zero-order chi connectivity index (χ0) is 17.3. The molecule has 2 N–H and O–H groups in total. The van der Waals surface area contributed by atoms with Crippen LogP contribution in [0.1, 0.15) is 39.6 Å². The summed E-state index contributed by atoms with van der Waals surface area (Å²) in [5.74, 6) is -0.604. The molecule has 0 aromatic heterocycles. The lowest BCUT2D eigenvalue weighted by Gasteiger charge is -2.37. The van der Waals surface area contributed by atoms with Gasteiger partial charge in [-0.25, -0.2) is 5.01 Å². The van der Waals surface area contributed by atoms with Crippen molar-refractivity contribution in [2.75, 3.05) is 5.32 Å². The van der Waals surface area contributed by atoms with Gasteiger partial charge in [-0.2, -0.15) is 0 Å². The molecule has 1 heterocycles. The van der Waals surface area contributed by atoms with E-state index in [4.69, 9.17) is 11.6 Å². The topological polar surface area (TPSA) is 61.4 Å². The summed E-state index contributed by atoms with van der Waals surface area (Å²) in [5, 5.41) is 5.06. The van der Waals surface area contributed by atoms with Crippen LogP contribution in [0.5, 0.6) is 0 Å². The number of amides is 2. The molecule has 2 amide bonds. The van der Waals surface area contributed by atoms with Crippen LogP contribution in [0.3, 0.4) is 0 Å². The van der Waals surface area contributed by atoms with Gasteiger partial charge in [-0.05, 0) is 43.7 Å². The van der Waals surface area contributed by atoms with Crippen LogP contribution in [0.15, 0.2) is 42.5 Å². The maximum absolute atomic E-state index is 12.8. The number of hydrogen-bond acceptors (Lipinski definition) is 3. The molecule has 1 aliphatic rings. The fourth-order valence-corrected chi connectivity index (χ4v) is 2.80. The van der Waals surface area contributed by atoms with E-state index < -0.39 is 0 Å². The highest BCUT2D eigenvalue weighted by Crippen LogP contribution is 2.28. The average Bonchev–Trinajstić information content (AvgIpc) is 2.58. The maximum atomic E-state index is 12.8. The van der Waals surface area contributed by atoms with Crippen LogP contribution in [-0.4, -0.2) is 23.0 Å². The fourth-order valence-electron chi connectivity index (χ4n) is 2.63. The molecule has 0 fully saturated rings. The van der Waals surface area contributed by atoms with Crippen molar-refractivity contribution in [3.63, 3.8) is 0 Å². The summed E-state index contributed by atoms with van der Waals surface area (Å²) in [5.41, 5.74) is 5.43. The van der Waals surface area contributed by atoms with Crippen molar-refractivity contribution in [3.05, 3.63) is 64.2 Å². The van der Waals surface area contributed by atoms with Gasteiger partial charge < -0.3 is 5.32 Å². The van der Waals surface area contributed by atoms with Crippen LogP contribution in [0.25, 0.3) is 0 Å². The van der Waals surface area contributed by atoms with Crippen molar-refractivity contribution in [2.24, 2.45) is 0 Å². The summed E-state index contributed by atoms with van der Waals surface area (Å²) >= 11 is 5.99. The number of benzene rings is 2. The number of aryl methyl sites for hydroxylation is 1. The van der Waals surface area contributed by atoms with E-state index in [1.165, 1.54) is 5.01 Å². The van der Waals surface area contributed by atoms with Crippen LogP contribution >= 0.6 is 11.6 Å². The van der Waals surface area contributed by atoms with Crippen LogP contribution in [0, 0.1) is 6.92 Å². The molecule has 1 unspecified atom stereocenters. The summed E-state index contributed by atoms with van der Waals surface area (Å²) in [6.07, 6.45) is 0.322. The summed E-state index contributed by atoms with van der Waals surface area (Å²) in [6, 6.07) is 12.3. The Balaban J connectivity index is 1.87. The number of hydrazine groups is 1. The lowest BCUT2D eigenvalue weighted by Crippen LogP contribution is -2.57. The molecule has 124 valence electrons. The number of nitrogens with zero attached hydrogens (tertiary/aromatic N) is 1. The number of fused-ring (bicyclic) bond motifs is 1. The Morgan fingerprint density at radius 3 is 2.62 bits per heavy atom. The number of anilines is 1. The van der Waals surface area contributed by atoms with Gasteiger partial charge in [0.1, 0.15) is 6.17 Å². The Morgan fingerprint density at radius 2 is 1.96 bits per heavy atom. The van der Waals surface area contributed by atoms with E-state index in [0.29, 0.717) is 22.6 Å². The molecule has 3 rings (SSSR count).